The molecule has 0 aliphatic carbocycles. The van der Waals surface area contributed by atoms with Crippen molar-refractivity contribution in [3.05, 3.63) is 63.9 Å². The van der Waals surface area contributed by atoms with Crippen LogP contribution in [0.3, 0.4) is 0 Å². The summed E-state index contributed by atoms with van der Waals surface area (Å²) in [5, 5.41) is 9.45. The molecule has 1 heterocycles. The lowest BCUT2D eigenvalue weighted by Crippen LogP contribution is -2.15. The Morgan fingerprint density at radius 1 is 1.37 bits per heavy atom. The van der Waals surface area contributed by atoms with Crippen molar-refractivity contribution in [2.24, 2.45) is 0 Å². The van der Waals surface area contributed by atoms with Gasteiger partial charge in [0.05, 0.1) is 5.92 Å². The van der Waals surface area contributed by atoms with Gasteiger partial charge in [-0.25, -0.2) is 0 Å². The average molecular weight is 320 g/mol. The zero-order valence-electron chi connectivity index (χ0n) is 10.5. The molecule has 0 saturated heterocycles. The third-order valence-electron chi connectivity index (χ3n) is 3.06. The van der Waals surface area contributed by atoms with Crippen LogP contribution in [0.5, 0.6) is 0 Å². The van der Waals surface area contributed by atoms with E-state index in [0.717, 1.165) is 21.2 Å². The maximum absolute atomic E-state index is 11.5. The standard InChI is InChI=1S/C15H14BrNO2/c1-10-4-2-3-5-13(10)14(15(18)19)7-11-6-12(16)9-17-8-11/h2-6,8-9,14H,7H2,1H3,(H,18,19). The number of hydrogen-bond donors (Lipinski definition) is 1. The third kappa shape index (κ3) is 3.41. The van der Waals surface area contributed by atoms with Crippen LogP contribution in [-0.4, -0.2) is 16.1 Å². The molecule has 0 amide bonds. The molecule has 2 rings (SSSR count). The molecule has 4 heteroatoms. The monoisotopic (exact) mass is 319 g/mol. The summed E-state index contributed by atoms with van der Waals surface area (Å²) >= 11 is 3.35. The van der Waals surface area contributed by atoms with Gasteiger partial charge in [-0.2, -0.15) is 0 Å². The van der Waals surface area contributed by atoms with Crippen LogP contribution in [0.1, 0.15) is 22.6 Å². The zero-order valence-corrected chi connectivity index (χ0v) is 12.1. The second kappa shape index (κ2) is 5.97. The molecule has 0 bridgehead atoms. The van der Waals surface area contributed by atoms with Crippen molar-refractivity contribution >= 4 is 21.9 Å². The van der Waals surface area contributed by atoms with Gasteiger partial charge in [-0.1, -0.05) is 24.3 Å². The van der Waals surface area contributed by atoms with Crippen LogP contribution in [0.4, 0.5) is 0 Å². The number of carboxylic acids is 1. The number of aromatic nitrogens is 1. The van der Waals surface area contributed by atoms with Gasteiger partial charge in [0.1, 0.15) is 0 Å². The third-order valence-corrected chi connectivity index (χ3v) is 3.50. The predicted octanol–water partition coefficient (Wildman–Crippen LogP) is 3.56. The first kappa shape index (κ1) is 13.7. The summed E-state index contributed by atoms with van der Waals surface area (Å²) in [6.07, 6.45) is 3.83. The van der Waals surface area contributed by atoms with Crippen LogP contribution in [0.15, 0.2) is 47.2 Å². The fourth-order valence-corrected chi connectivity index (χ4v) is 2.52. The van der Waals surface area contributed by atoms with Crippen LogP contribution in [0.25, 0.3) is 0 Å². The van der Waals surface area contributed by atoms with E-state index in [0.29, 0.717) is 6.42 Å². The van der Waals surface area contributed by atoms with Crippen molar-refractivity contribution < 1.29 is 9.90 Å². The van der Waals surface area contributed by atoms with E-state index in [9.17, 15) is 9.90 Å². The molecule has 0 saturated carbocycles. The maximum Gasteiger partial charge on any atom is 0.311 e. The van der Waals surface area contributed by atoms with Crippen LogP contribution in [-0.2, 0) is 11.2 Å². The number of aliphatic carboxylic acids is 1. The Hall–Kier alpha value is -1.68. The molecule has 0 aliphatic heterocycles. The molecule has 1 N–H and O–H groups in total. The van der Waals surface area contributed by atoms with Gasteiger partial charge in [-0.3, -0.25) is 9.78 Å². The topological polar surface area (TPSA) is 50.2 Å². The lowest BCUT2D eigenvalue weighted by Gasteiger charge is -2.15. The van der Waals surface area contributed by atoms with Gasteiger partial charge in [0.25, 0.3) is 0 Å². The highest BCUT2D eigenvalue weighted by Gasteiger charge is 2.21. The first-order valence-electron chi connectivity index (χ1n) is 5.95. The SMILES string of the molecule is Cc1ccccc1C(Cc1cncc(Br)c1)C(=O)O. The van der Waals surface area contributed by atoms with Crippen LogP contribution in [0.2, 0.25) is 0 Å². The van der Waals surface area contributed by atoms with Gasteiger partial charge in [0.2, 0.25) is 0 Å². The lowest BCUT2D eigenvalue weighted by molar-refractivity contribution is -0.138. The van der Waals surface area contributed by atoms with Crippen molar-refractivity contribution in [3.8, 4) is 0 Å². The molecule has 1 aromatic carbocycles. The smallest absolute Gasteiger partial charge is 0.311 e. The molecular formula is C15H14BrNO2. The van der Waals surface area contributed by atoms with Crippen LogP contribution in [0, 0.1) is 6.92 Å². The van der Waals surface area contributed by atoms with Crippen molar-refractivity contribution in [2.45, 2.75) is 19.3 Å². The highest BCUT2D eigenvalue weighted by Crippen LogP contribution is 2.25. The molecule has 0 aliphatic rings. The number of halogens is 1. The van der Waals surface area contributed by atoms with Gasteiger partial charge in [-0.15, -0.1) is 0 Å². The Morgan fingerprint density at radius 2 is 2.11 bits per heavy atom. The second-order valence-electron chi connectivity index (χ2n) is 4.46. The van der Waals surface area contributed by atoms with Gasteiger partial charge >= 0.3 is 5.97 Å². The molecule has 0 spiro atoms. The number of carbonyl (C=O) groups is 1. The first-order chi connectivity index (χ1) is 9.08. The zero-order chi connectivity index (χ0) is 13.8. The Kier molecular flexibility index (Phi) is 4.32. The number of carboxylic acid groups (broad SMARTS) is 1. The molecule has 0 radical (unpaired) electrons. The molecule has 1 unspecified atom stereocenters. The molecule has 2 aromatic rings. The van der Waals surface area contributed by atoms with E-state index in [-0.39, 0.29) is 0 Å². The first-order valence-corrected chi connectivity index (χ1v) is 6.75. The molecule has 3 nitrogen and oxygen atoms in total. The maximum atomic E-state index is 11.5. The van der Waals surface area contributed by atoms with E-state index in [2.05, 4.69) is 20.9 Å². The van der Waals surface area contributed by atoms with Gasteiger partial charge in [0.15, 0.2) is 0 Å². The number of aryl methyl sites for hydroxylation is 1. The Morgan fingerprint density at radius 3 is 2.74 bits per heavy atom. The Balaban J connectivity index is 2.32. The molecular weight excluding hydrogens is 306 g/mol. The summed E-state index contributed by atoms with van der Waals surface area (Å²) in [4.78, 5) is 15.6. The van der Waals surface area contributed by atoms with Gasteiger partial charge in [0, 0.05) is 16.9 Å². The quantitative estimate of drug-likeness (QED) is 0.937. The fraction of sp³-hybridized carbons (Fsp3) is 0.200. The largest absolute Gasteiger partial charge is 0.481 e. The molecule has 1 atom stereocenters. The van der Waals surface area contributed by atoms with E-state index < -0.39 is 11.9 Å². The number of hydrogen-bond acceptors (Lipinski definition) is 2. The van der Waals surface area contributed by atoms with E-state index in [1.165, 1.54) is 0 Å². The van der Waals surface area contributed by atoms with E-state index >= 15 is 0 Å². The predicted molar refractivity (Wildman–Crippen MR) is 77.2 cm³/mol. The molecule has 98 valence electrons. The van der Waals surface area contributed by atoms with E-state index in [4.69, 9.17) is 0 Å². The minimum atomic E-state index is -0.811. The number of pyridine rings is 1. The van der Waals surface area contributed by atoms with Gasteiger partial charge in [-0.05, 0) is 52.0 Å². The normalized spacial score (nSPS) is 12.1. The minimum absolute atomic E-state index is 0.437. The number of benzene rings is 1. The molecule has 19 heavy (non-hydrogen) atoms. The summed E-state index contributed by atoms with van der Waals surface area (Å²) in [6, 6.07) is 9.50. The number of nitrogens with zero attached hydrogens (tertiary/aromatic N) is 1. The summed E-state index contributed by atoms with van der Waals surface area (Å²) in [5.74, 6) is -1.36. The van der Waals surface area contributed by atoms with Crippen LogP contribution < -0.4 is 0 Å². The summed E-state index contributed by atoms with van der Waals surface area (Å²) in [6.45, 7) is 1.93. The van der Waals surface area contributed by atoms with Crippen molar-refractivity contribution in [1.82, 2.24) is 4.98 Å². The van der Waals surface area contributed by atoms with Crippen LogP contribution >= 0.6 is 15.9 Å². The van der Waals surface area contributed by atoms with Crippen molar-refractivity contribution in [1.29, 1.82) is 0 Å². The summed E-state index contributed by atoms with van der Waals surface area (Å²) in [5.41, 5.74) is 2.76. The van der Waals surface area contributed by atoms with E-state index in [1.807, 2.05) is 37.3 Å². The molecule has 1 aromatic heterocycles. The second-order valence-corrected chi connectivity index (χ2v) is 5.38. The summed E-state index contributed by atoms with van der Waals surface area (Å²) in [7, 11) is 0. The molecule has 0 fully saturated rings. The minimum Gasteiger partial charge on any atom is -0.481 e. The fourth-order valence-electron chi connectivity index (χ4n) is 2.11. The highest BCUT2D eigenvalue weighted by atomic mass is 79.9. The van der Waals surface area contributed by atoms with Crippen molar-refractivity contribution in [3.63, 3.8) is 0 Å². The van der Waals surface area contributed by atoms with E-state index in [1.54, 1.807) is 12.4 Å². The number of rotatable bonds is 4. The van der Waals surface area contributed by atoms with Crippen molar-refractivity contribution in [2.75, 3.05) is 0 Å². The highest BCUT2D eigenvalue weighted by molar-refractivity contribution is 9.10. The summed E-state index contributed by atoms with van der Waals surface area (Å²) < 4.78 is 0.860. The average Bonchev–Trinajstić information content (AvgIpc) is 2.37. The Labute approximate surface area is 120 Å². The Bertz CT molecular complexity index is 598. The van der Waals surface area contributed by atoms with Gasteiger partial charge < -0.3 is 5.11 Å². The lowest BCUT2D eigenvalue weighted by atomic mass is 9.90.